The van der Waals surface area contributed by atoms with E-state index >= 15 is 0 Å². The summed E-state index contributed by atoms with van der Waals surface area (Å²) in [7, 11) is 0. The monoisotopic (exact) mass is 391 g/mol. The third-order valence-corrected chi connectivity index (χ3v) is 4.08. The van der Waals surface area contributed by atoms with E-state index < -0.39 is 11.6 Å². The normalized spacial score (nSPS) is 10.7. The molecule has 2 aromatic carbocycles. The van der Waals surface area contributed by atoms with E-state index in [4.69, 9.17) is 0 Å². The molecule has 3 rings (SSSR count). The zero-order chi connectivity index (χ0) is 17.3. The lowest BCUT2D eigenvalue weighted by Gasteiger charge is -2.06. The van der Waals surface area contributed by atoms with Crippen molar-refractivity contribution in [1.29, 1.82) is 0 Å². The molecular formula is C17H12BrF2N3O. The number of halogens is 3. The van der Waals surface area contributed by atoms with Gasteiger partial charge in [-0.1, -0.05) is 12.1 Å². The van der Waals surface area contributed by atoms with E-state index in [0.717, 1.165) is 12.1 Å². The fourth-order valence-corrected chi connectivity index (χ4v) is 2.73. The largest absolute Gasteiger partial charge is 0.305 e. The molecule has 4 nitrogen and oxygen atoms in total. The molecular weight excluding hydrogens is 380 g/mol. The number of carbonyl (C=O) groups excluding carboxylic acids is 1. The predicted molar refractivity (Wildman–Crippen MR) is 90.3 cm³/mol. The van der Waals surface area contributed by atoms with Crippen LogP contribution in [-0.2, 0) is 0 Å². The number of nitrogens with one attached hydrogen (secondary N) is 1. The van der Waals surface area contributed by atoms with Gasteiger partial charge in [-0.15, -0.1) is 5.10 Å². The number of hydrogen-bond donors (Lipinski definition) is 1. The number of benzene rings is 2. The second-order valence-electron chi connectivity index (χ2n) is 5.11. The molecule has 0 radical (unpaired) electrons. The summed E-state index contributed by atoms with van der Waals surface area (Å²) >= 11 is 3.31. The maximum atomic E-state index is 13.9. The van der Waals surface area contributed by atoms with E-state index in [0.29, 0.717) is 15.7 Å². The van der Waals surface area contributed by atoms with Gasteiger partial charge in [0.1, 0.15) is 11.5 Å². The van der Waals surface area contributed by atoms with Gasteiger partial charge in [-0.05, 0) is 47.1 Å². The van der Waals surface area contributed by atoms with Crippen molar-refractivity contribution in [2.24, 2.45) is 0 Å². The van der Waals surface area contributed by atoms with Crippen LogP contribution in [0.1, 0.15) is 16.1 Å². The van der Waals surface area contributed by atoms with Crippen LogP contribution in [0.4, 0.5) is 14.6 Å². The lowest BCUT2D eigenvalue weighted by Crippen LogP contribution is -2.13. The third kappa shape index (κ3) is 3.21. The first kappa shape index (κ1) is 16.3. The number of hydrogen-bond acceptors (Lipinski definition) is 2. The molecule has 1 aromatic heterocycles. The molecule has 0 aliphatic rings. The zero-order valence-corrected chi connectivity index (χ0v) is 14.1. The molecule has 0 spiro atoms. The minimum absolute atomic E-state index is 0.107. The van der Waals surface area contributed by atoms with Gasteiger partial charge < -0.3 is 5.32 Å². The van der Waals surface area contributed by atoms with Gasteiger partial charge in [0.2, 0.25) is 0 Å². The zero-order valence-electron chi connectivity index (χ0n) is 12.6. The highest BCUT2D eigenvalue weighted by molar-refractivity contribution is 9.10. The number of rotatable bonds is 3. The second kappa shape index (κ2) is 6.52. The summed E-state index contributed by atoms with van der Waals surface area (Å²) in [6, 6.07) is 11.8. The predicted octanol–water partition coefficient (Wildman–Crippen LogP) is 4.47. The van der Waals surface area contributed by atoms with Crippen LogP contribution in [0.3, 0.4) is 0 Å². The number of amides is 1. The summed E-state index contributed by atoms with van der Waals surface area (Å²) in [5, 5.41) is 6.84. The van der Waals surface area contributed by atoms with E-state index in [9.17, 15) is 13.6 Å². The van der Waals surface area contributed by atoms with E-state index in [2.05, 4.69) is 26.3 Å². The first-order valence-electron chi connectivity index (χ1n) is 7.03. The average Bonchev–Trinajstić information content (AvgIpc) is 2.88. The van der Waals surface area contributed by atoms with Gasteiger partial charge in [0.25, 0.3) is 5.91 Å². The van der Waals surface area contributed by atoms with Crippen molar-refractivity contribution in [1.82, 2.24) is 9.78 Å². The molecule has 0 saturated carbocycles. The Morgan fingerprint density at radius 3 is 2.62 bits per heavy atom. The second-order valence-corrected chi connectivity index (χ2v) is 5.97. The van der Waals surface area contributed by atoms with Crippen molar-refractivity contribution in [3.8, 4) is 5.69 Å². The highest BCUT2D eigenvalue weighted by Crippen LogP contribution is 2.21. The quantitative estimate of drug-likeness (QED) is 0.715. The molecule has 0 fully saturated rings. The summed E-state index contributed by atoms with van der Waals surface area (Å²) in [6.45, 7) is 1.71. The minimum Gasteiger partial charge on any atom is -0.305 e. The lowest BCUT2D eigenvalue weighted by molar-refractivity contribution is 0.102. The van der Waals surface area contributed by atoms with Gasteiger partial charge in [-0.25, -0.2) is 13.5 Å². The van der Waals surface area contributed by atoms with Crippen LogP contribution in [-0.4, -0.2) is 15.7 Å². The Morgan fingerprint density at radius 1 is 1.17 bits per heavy atom. The van der Waals surface area contributed by atoms with Crippen molar-refractivity contribution in [3.05, 3.63) is 75.9 Å². The number of aromatic nitrogens is 2. The smallest absolute Gasteiger partial charge is 0.258 e. The number of carbonyl (C=O) groups is 1. The molecule has 1 amide bonds. The summed E-state index contributed by atoms with van der Waals surface area (Å²) in [6.07, 6.45) is 0. The highest BCUT2D eigenvalue weighted by atomic mass is 79.9. The van der Waals surface area contributed by atoms with Crippen molar-refractivity contribution in [2.45, 2.75) is 6.92 Å². The number of nitrogens with zero attached hydrogens (tertiary/aromatic N) is 2. The van der Waals surface area contributed by atoms with Crippen molar-refractivity contribution >= 4 is 27.7 Å². The SMILES string of the molecule is Cc1cc(NC(=O)c2ccccc2Br)nn1-c1ccc(F)cc1F. The molecule has 1 N–H and O–H groups in total. The minimum atomic E-state index is -0.732. The molecule has 0 saturated heterocycles. The van der Waals surface area contributed by atoms with Gasteiger partial charge in [-0.2, -0.15) is 0 Å². The van der Waals surface area contributed by atoms with Crippen LogP contribution in [0.15, 0.2) is 53.0 Å². The fraction of sp³-hybridized carbons (Fsp3) is 0.0588. The number of anilines is 1. The standard InChI is InChI=1S/C17H12BrF2N3O/c1-10-8-16(21-17(24)12-4-2-3-5-13(12)18)22-23(10)15-7-6-11(19)9-14(15)20/h2-9H,1H3,(H,21,22,24). The summed E-state index contributed by atoms with van der Waals surface area (Å²) in [4.78, 5) is 12.3. The molecule has 122 valence electrons. The average molecular weight is 392 g/mol. The van der Waals surface area contributed by atoms with Crippen LogP contribution in [0.25, 0.3) is 5.69 Å². The van der Waals surface area contributed by atoms with E-state index in [1.54, 1.807) is 37.3 Å². The maximum absolute atomic E-state index is 13.9. The third-order valence-electron chi connectivity index (χ3n) is 3.39. The number of aryl methyl sites for hydroxylation is 1. The van der Waals surface area contributed by atoms with E-state index in [1.165, 1.54) is 10.7 Å². The molecule has 0 unspecified atom stereocenters. The first-order valence-corrected chi connectivity index (χ1v) is 7.83. The Bertz CT molecular complexity index is 924. The molecule has 3 aromatic rings. The summed E-state index contributed by atoms with van der Waals surface area (Å²) in [5.41, 5.74) is 1.16. The topological polar surface area (TPSA) is 46.9 Å². The molecule has 0 aliphatic heterocycles. The van der Waals surface area contributed by atoms with E-state index in [1.807, 2.05) is 0 Å². The summed E-state index contributed by atoms with van der Waals surface area (Å²) in [5.74, 6) is -1.46. The van der Waals surface area contributed by atoms with Gasteiger partial charge in [0.05, 0.1) is 5.56 Å². The molecule has 0 bridgehead atoms. The van der Waals surface area contributed by atoms with Crippen LogP contribution in [0, 0.1) is 18.6 Å². The van der Waals surface area contributed by atoms with Crippen LogP contribution < -0.4 is 5.32 Å². The maximum Gasteiger partial charge on any atom is 0.258 e. The van der Waals surface area contributed by atoms with Crippen LogP contribution in [0.2, 0.25) is 0 Å². The van der Waals surface area contributed by atoms with Crippen molar-refractivity contribution < 1.29 is 13.6 Å². The van der Waals surface area contributed by atoms with Gasteiger partial charge in [0, 0.05) is 22.3 Å². The molecule has 24 heavy (non-hydrogen) atoms. The Hall–Kier alpha value is -2.54. The Balaban J connectivity index is 1.89. The Morgan fingerprint density at radius 2 is 1.92 bits per heavy atom. The molecule has 0 aliphatic carbocycles. The summed E-state index contributed by atoms with van der Waals surface area (Å²) < 4.78 is 28.9. The lowest BCUT2D eigenvalue weighted by atomic mass is 10.2. The van der Waals surface area contributed by atoms with Crippen molar-refractivity contribution in [3.63, 3.8) is 0 Å². The molecule has 7 heteroatoms. The Kier molecular flexibility index (Phi) is 4.44. The van der Waals surface area contributed by atoms with Crippen LogP contribution in [0.5, 0.6) is 0 Å². The van der Waals surface area contributed by atoms with E-state index in [-0.39, 0.29) is 17.4 Å². The fourth-order valence-electron chi connectivity index (χ4n) is 2.26. The van der Waals surface area contributed by atoms with Crippen molar-refractivity contribution in [2.75, 3.05) is 5.32 Å². The highest BCUT2D eigenvalue weighted by Gasteiger charge is 2.15. The first-order chi connectivity index (χ1) is 11.5. The Labute approximate surface area is 145 Å². The van der Waals surface area contributed by atoms with Crippen LogP contribution >= 0.6 is 15.9 Å². The molecule has 1 heterocycles. The van der Waals surface area contributed by atoms with Gasteiger partial charge >= 0.3 is 0 Å². The van der Waals surface area contributed by atoms with Gasteiger partial charge in [-0.3, -0.25) is 4.79 Å². The van der Waals surface area contributed by atoms with Gasteiger partial charge in [0.15, 0.2) is 11.6 Å². The molecule has 0 atom stereocenters.